The van der Waals surface area contributed by atoms with E-state index in [-0.39, 0.29) is 0 Å². The lowest BCUT2D eigenvalue weighted by atomic mass is 9.89. The minimum absolute atomic E-state index is 0.369. The highest BCUT2D eigenvalue weighted by Crippen LogP contribution is 2.46. The van der Waals surface area contributed by atoms with Gasteiger partial charge in [-0.2, -0.15) is 0 Å². The molecule has 110 valence electrons. The molecule has 1 aliphatic heterocycles. The third-order valence-corrected chi connectivity index (χ3v) is 4.84. The fourth-order valence-corrected chi connectivity index (χ4v) is 3.55. The minimum atomic E-state index is 0.369. The van der Waals surface area contributed by atoms with Gasteiger partial charge in [-0.05, 0) is 55.3 Å². The van der Waals surface area contributed by atoms with Crippen LogP contribution >= 0.6 is 11.6 Å². The van der Waals surface area contributed by atoms with Gasteiger partial charge in [0.15, 0.2) is 0 Å². The molecule has 20 heavy (non-hydrogen) atoms. The number of halogens is 1. The van der Waals surface area contributed by atoms with E-state index in [1.807, 2.05) is 0 Å². The van der Waals surface area contributed by atoms with Gasteiger partial charge >= 0.3 is 0 Å². The second kappa shape index (κ2) is 5.95. The molecule has 3 heteroatoms. The lowest BCUT2D eigenvalue weighted by Gasteiger charge is -2.27. The second-order valence-electron chi connectivity index (χ2n) is 6.21. The maximum absolute atomic E-state index is 6.32. The normalized spacial score (nSPS) is 20.4. The Hall–Kier alpha value is -0.730. The van der Waals surface area contributed by atoms with Crippen molar-refractivity contribution in [2.45, 2.75) is 45.6 Å². The van der Waals surface area contributed by atoms with E-state index in [0.717, 1.165) is 42.7 Å². The van der Waals surface area contributed by atoms with Gasteiger partial charge in [0.05, 0.1) is 6.61 Å². The molecular formula is C17H24ClNO. The monoisotopic (exact) mass is 293 g/mol. The van der Waals surface area contributed by atoms with E-state index >= 15 is 0 Å². The van der Waals surface area contributed by atoms with Crippen LogP contribution in [0.15, 0.2) is 12.1 Å². The summed E-state index contributed by atoms with van der Waals surface area (Å²) >= 11 is 6.32. The number of hydrogen-bond donors (Lipinski definition) is 1. The fraction of sp³-hybridized carbons (Fsp3) is 0.647. The highest BCUT2D eigenvalue weighted by molar-refractivity contribution is 6.30. The van der Waals surface area contributed by atoms with E-state index in [0.29, 0.717) is 12.0 Å². The Balaban J connectivity index is 1.93. The van der Waals surface area contributed by atoms with Gasteiger partial charge in [-0.3, -0.25) is 0 Å². The molecule has 1 aromatic rings. The van der Waals surface area contributed by atoms with E-state index < -0.39 is 0 Å². The number of rotatable bonds is 6. The Bertz CT molecular complexity index is 484. The number of hydrogen-bond acceptors (Lipinski definition) is 2. The van der Waals surface area contributed by atoms with Crippen LogP contribution in [-0.2, 0) is 6.42 Å². The van der Waals surface area contributed by atoms with Crippen LogP contribution < -0.4 is 10.1 Å². The molecule has 0 bridgehead atoms. The quantitative estimate of drug-likeness (QED) is 0.841. The van der Waals surface area contributed by atoms with E-state index in [1.54, 1.807) is 0 Å². The Morgan fingerprint density at radius 3 is 2.90 bits per heavy atom. The van der Waals surface area contributed by atoms with Gasteiger partial charge in [0.25, 0.3) is 0 Å². The van der Waals surface area contributed by atoms with Crippen molar-refractivity contribution in [1.29, 1.82) is 0 Å². The zero-order valence-corrected chi connectivity index (χ0v) is 13.2. The van der Waals surface area contributed by atoms with Gasteiger partial charge in [-0.25, -0.2) is 0 Å². The third-order valence-electron chi connectivity index (χ3n) is 4.62. The van der Waals surface area contributed by atoms with Crippen molar-refractivity contribution >= 4 is 11.6 Å². The smallest absolute Gasteiger partial charge is 0.127 e. The maximum Gasteiger partial charge on any atom is 0.127 e. The van der Waals surface area contributed by atoms with E-state index in [4.69, 9.17) is 16.3 Å². The topological polar surface area (TPSA) is 21.3 Å². The first-order valence-corrected chi connectivity index (χ1v) is 8.27. The molecule has 1 heterocycles. The highest BCUT2D eigenvalue weighted by Gasteiger charge is 2.36. The van der Waals surface area contributed by atoms with Crippen LogP contribution in [-0.4, -0.2) is 13.2 Å². The fourth-order valence-electron chi connectivity index (χ4n) is 3.30. The zero-order valence-electron chi connectivity index (χ0n) is 12.4. The van der Waals surface area contributed by atoms with Crippen molar-refractivity contribution in [2.24, 2.45) is 11.8 Å². The molecule has 1 saturated carbocycles. The summed E-state index contributed by atoms with van der Waals surface area (Å²) < 4.78 is 5.90. The molecule has 3 rings (SSSR count). The second-order valence-corrected chi connectivity index (χ2v) is 6.65. The summed E-state index contributed by atoms with van der Waals surface area (Å²) in [5.41, 5.74) is 2.55. The first kappa shape index (κ1) is 14.2. The molecule has 1 aliphatic carbocycles. The molecule has 0 spiro atoms. The SMILES string of the molecule is CCCNC(c1cc(Cl)cc2c1OCC2)C(C)C1CC1. The van der Waals surface area contributed by atoms with Crippen molar-refractivity contribution < 1.29 is 4.74 Å². The molecule has 1 aromatic carbocycles. The molecule has 1 N–H and O–H groups in total. The largest absolute Gasteiger partial charge is 0.493 e. The molecule has 0 radical (unpaired) electrons. The Labute approximate surface area is 126 Å². The predicted octanol–water partition coefficient (Wildman–Crippen LogP) is 4.36. The van der Waals surface area contributed by atoms with Crippen LogP contribution in [0.5, 0.6) is 5.75 Å². The predicted molar refractivity (Wildman–Crippen MR) is 83.6 cm³/mol. The maximum atomic E-state index is 6.32. The lowest BCUT2D eigenvalue weighted by Crippen LogP contribution is -2.29. The summed E-state index contributed by atoms with van der Waals surface area (Å²) in [5, 5.41) is 4.57. The highest BCUT2D eigenvalue weighted by atomic mass is 35.5. The van der Waals surface area contributed by atoms with Crippen molar-refractivity contribution in [3.63, 3.8) is 0 Å². The number of fused-ring (bicyclic) bond motifs is 1. The summed E-state index contributed by atoms with van der Waals surface area (Å²) in [5.74, 6) is 2.60. The standard InChI is InChI=1S/C17H24ClNO/c1-3-7-19-16(11(2)12-4-5-12)15-10-14(18)9-13-6-8-20-17(13)15/h9-12,16,19H,3-8H2,1-2H3. The number of benzene rings is 1. The van der Waals surface area contributed by atoms with E-state index in [9.17, 15) is 0 Å². The molecule has 2 unspecified atom stereocenters. The number of ether oxygens (including phenoxy) is 1. The van der Waals surface area contributed by atoms with Crippen LogP contribution in [0.4, 0.5) is 0 Å². The summed E-state index contributed by atoms with van der Waals surface area (Å²) in [4.78, 5) is 0. The summed E-state index contributed by atoms with van der Waals surface area (Å²) in [6.45, 7) is 6.42. The molecule has 2 atom stereocenters. The molecule has 1 fully saturated rings. The third kappa shape index (κ3) is 2.82. The van der Waals surface area contributed by atoms with E-state index in [1.165, 1.54) is 24.0 Å². The summed E-state index contributed by atoms with van der Waals surface area (Å²) in [6, 6.07) is 4.54. The summed E-state index contributed by atoms with van der Waals surface area (Å²) in [7, 11) is 0. The van der Waals surface area contributed by atoms with Gasteiger partial charge in [0.1, 0.15) is 5.75 Å². The van der Waals surface area contributed by atoms with Gasteiger partial charge in [0, 0.05) is 23.0 Å². The van der Waals surface area contributed by atoms with Crippen LogP contribution in [0.2, 0.25) is 5.02 Å². The molecule has 2 nitrogen and oxygen atoms in total. The van der Waals surface area contributed by atoms with Crippen molar-refractivity contribution in [3.05, 3.63) is 28.3 Å². The van der Waals surface area contributed by atoms with Gasteiger partial charge in [-0.1, -0.05) is 25.4 Å². The average Bonchev–Trinajstić information content (AvgIpc) is 3.17. The van der Waals surface area contributed by atoms with Gasteiger partial charge < -0.3 is 10.1 Å². The first-order chi connectivity index (χ1) is 9.70. The molecule has 0 aromatic heterocycles. The van der Waals surface area contributed by atoms with Gasteiger partial charge in [0.2, 0.25) is 0 Å². The van der Waals surface area contributed by atoms with Crippen LogP contribution in [0.1, 0.15) is 50.3 Å². The molecule has 2 aliphatic rings. The lowest BCUT2D eigenvalue weighted by molar-refractivity contribution is 0.318. The van der Waals surface area contributed by atoms with Gasteiger partial charge in [-0.15, -0.1) is 0 Å². The van der Waals surface area contributed by atoms with Crippen LogP contribution in [0.25, 0.3) is 0 Å². The Morgan fingerprint density at radius 1 is 1.40 bits per heavy atom. The molecule has 0 amide bonds. The van der Waals surface area contributed by atoms with E-state index in [2.05, 4.69) is 31.3 Å². The summed E-state index contributed by atoms with van der Waals surface area (Å²) in [6.07, 6.45) is 4.88. The number of nitrogens with one attached hydrogen (secondary N) is 1. The molecule has 0 saturated heterocycles. The first-order valence-electron chi connectivity index (χ1n) is 7.89. The van der Waals surface area contributed by atoms with Crippen molar-refractivity contribution in [1.82, 2.24) is 5.32 Å². The van der Waals surface area contributed by atoms with Crippen molar-refractivity contribution in [3.8, 4) is 5.75 Å². The van der Waals surface area contributed by atoms with Crippen LogP contribution in [0, 0.1) is 11.8 Å². The Kier molecular flexibility index (Phi) is 4.23. The molecular weight excluding hydrogens is 270 g/mol. The Morgan fingerprint density at radius 2 is 2.20 bits per heavy atom. The van der Waals surface area contributed by atoms with Crippen molar-refractivity contribution in [2.75, 3.05) is 13.2 Å². The van der Waals surface area contributed by atoms with Crippen LogP contribution in [0.3, 0.4) is 0 Å². The average molecular weight is 294 g/mol. The minimum Gasteiger partial charge on any atom is -0.493 e. The zero-order chi connectivity index (χ0) is 14.1.